The highest BCUT2D eigenvalue weighted by molar-refractivity contribution is 8.76. The number of aliphatic carboxylic acids is 2. The molecule has 8 nitrogen and oxygen atoms in total. The van der Waals surface area contributed by atoms with Crippen molar-refractivity contribution in [3.8, 4) is 11.7 Å². The summed E-state index contributed by atoms with van der Waals surface area (Å²) in [7, 11) is 3.55. The number of methoxy groups -OCH3 is 1. The van der Waals surface area contributed by atoms with Crippen LogP contribution in [0.3, 0.4) is 0 Å². The number of hydrogen-bond donors (Lipinski definition) is 3. The molecule has 14 heteroatoms. The minimum atomic E-state index is -4.49. The molecule has 3 N–H and O–H groups in total. The Morgan fingerprint density at radius 3 is 2.56 bits per heavy atom. The van der Waals surface area contributed by atoms with Gasteiger partial charge in [-0.2, -0.15) is 13.2 Å². The molecule has 0 bridgehead atoms. The number of nitrogens with zero attached hydrogens (tertiary/aromatic N) is 2. The summed E-state index contributed by atoms with van der Waals surface area (Å²) in [6.07, 6.45) is -3.38. The van der Waals surface area contributed by atoms with Gasteiger partial charge in [-0.25, -0.2) is 9.55 Å². The zero-order valence-corrected chi connectivity index (χ0v) is 20.1. The summed E-state index contributed by atoms with van der Waals surface area (Å²) in [6, 6.07) is 4.90. The maximum absolute atomic E-state index is 13.0. The molecule has 0 aliphatic rings. The van der Waals surface area contributed by atoms with E-state index in [0.29, 0.717) is 17.0 Å². The number of H-pyrrole nitrogens is 1. The first kappa shape index (κ1) is 27.6. The van der Waals surface area contributed by atoms with Crippen LogP contribution in [0.4, 0.5) is 13.2 Å². The average molecular weight is 538 g/mol. The Kier molecular flexibility index (Phi) is 9.08. The fourth-order valence-corrected chi connectivity index (χ4v) is 5.53. The van der Waals surface area contributed by atoms with Gasteiger partial charge in [0.1, 0.15) is 22.2 Å². The van der Waals surface area contributed by atoms with Crippen LogP contribution < -0.4 is 21.7 Å². The quantitative estimate of drug-likeness (QED) is 0.273. The van der Waals surface area contributed by atoms with Crippen LogP contribution in [0.25, 0.3) is 17.0 Å². The highest BCUT2D eigenvalue weighted by Crippen LogP contribution is 2.34. The summed E-state index contributed by atoms with van der Waals surface area (Å²) in [5.41, 5.74) is 1.13. The van der Waals surface area contributed by atoms with Crippen molar-refractivity contribution in [2.45, 2.75) is 30.5 Å². The van der Waals surface area contributed by atoms with Crippen LogP contribution in [0.2, 0.25) is 0 Å². The van der Waals surface area contributed by atoms with E-state index in [1.807, 2.05) is 0 Å². The molecule has 1 aromatic carbocycles. The molecule has 0 saturated carbocycles. The summed E-state index contributed by atoms with van der Waals surface area (Å²) < 4.78 is 46.1. The van der Waals surface area contributed by atoms with Crippen molar-refractivity contribution in [3.05, 3.63) is 47.3 Å². The Hall–Kier alpha value is -2.64. The van der Waals surface area contributed by atoms with E-state index in [0.717, 1.165) is 39.3 Å². The van der Waals surface area contributed by atoms with Crippen LogP contribution in [-0.4, -0.2) is 44.5 Å². The molecule has 0 spiro atoms. The van der Waals surface area contributed by atoms with E-state index in [9.17, 15) is 27.9 Å². The van der Waals surface area contributed by atoms with Gasteiger partial charge in [0.15, 0.2) is 5.52 Å². The van der Waals surface area contributed by atoms with Crippen LogP contribution in [0.1, 0.15) is 23.2 Å². The van der Waals surface area contributed by atoms with Crippen molar-refractivity contribution in [2.75, 3.05) is 7.11 Å². The number of fused-ring (bicyclic) bond motifs is 1. The number of hydrogen-bond acceptors (Lipinski definition) is 6. The molecule has 0 aliphatic carbocycles. The lowest BCUT2D eigenvalue weighted by Gasteiger charge is -2.13. The monoisotopic (exact) mass is 537 g/mol. The highest BCUT2D eigenvalue weighted by Gasteiger charge is 2.32. The molecule has 34 heavy (non-hydrogen) atoms. The van der Waals surface area contributed by atoms with Gasteiger partial charge in [-0.3, -0.25) is 9.59 Å². The topological polar surface area (TPSA) is 116 Å². The number of imidazole rings is 1. The van der Waals surface area contributed by atoms with Gasteiger partial charge in [0, 0.05) is 11.6 Å². The van der Waals surface area contributed by atoms with E-state index in [2.05, 4.69) is 9.97 Å². The number of pyridine rings is 1. The third-order valence-electron chi connectivity index (χ3n) is 4.73. The van der Waals surface area contributed by atoms with Crippen LogP contribution in [-0.2, 0) is 21.5 Å². The van der Waals surface area contributed by atoms with Crippen LogP contribution >= 0.6 is 21.6 Å². The fourth-order valence-electron chi connectivity index (χ4n) is 3.06. The molecule has 0 radical (unpaired) electrons. The van der Waals surface area contributed by atoms with E-state index in [1.54, 1.807) is 23.8 Å². The fraction of sp³-hybridized carbons (Fsp3) is 0.300. The lowest BCUT2D eigenvalue weighted by atomic mass is 10.2. The zero-order valence-electron chi connectivity index (χ0n) is 17.7. The minimum Gasteiger partial charge on any atom is -1.00 e. The van der Waals surface area contributed by atoms with Crippen LogP contribution in [0.15, 0.2) is 30.5 Å². The minimum absolute atomic E-state index is 0. The third kappa shape index (κ3) is 6.27. The van der Waals surface area contributed by atoms with Gasteiger partial charge in [-0.15, -0.1) is 0 Å². The molecular weight excluding hydrogens is 519 g/mol. The molecule has 2 heterocycles. The molecule has 3 aromatic rings. The average Bonchev–Trinajstić information content (AvgIpc) is 3.16. The Labute approximate surface area is 205 Å². The summed E-state index contributed by atoms with van der Waals surface area (Å²) in [5.74, 6) is -1.37. The van der Waals surface area contributed by atoms with E-state index in [1.165, 1.54) is 13.2 Å². The standard InChI is InChI=1S/C20H18F3N3O5S2.ClH/c1-10-14(9-32-33-16(18(29)30)8-17(27)28)26(6-5-15(10)31-2)19-24-12-4-3-11(20(21,22)23)7-13(12)25-19;/h3-7,16H,8-9H2,1-2H3,(H2-,24,25,27,28,29,30);1H. The second-order valence-electron chi connectivity index (χ2n) is 6.90. The van der Waals surface area contributed by atoms with Gasteiger partial charge in [0.2, 0.25) is 0 Å². The molecule has 0 amide bonds. The number of aromatic nitrogens is 3. The lowest BCUT2D eigenvalue weighted by Crippen LogP contribution is -3.00. The largest absolute Gasteiger partial charge is 1.00 e. The SMILES string of the molecule is COc1cc[n+](-c2nc3ccc(C(F)(F)F)cc3[nH]2)c(CSSC(CC(=O)O)C(=O)O)c1C.[Cl-]. The van der Waals surface area contributed by atoms with Crippen molar-refractivity contribution in [3.63, 3.8) is 0 Å². The predicted octanol–water partition coefficient (Wildman–Crippen LogP) is 0.989. The van der Waals surface area contributed by atoms with Gasteiger partial charge in [-0.05, 0) is 25.1 Å². The number of ether oxygens (including phenoxy) is 1. The number of carboxylic acids is 2. The van der Waals surface area contributed by atoms with Crippen molar-refractivity contribution in [1.29, 1.82) is 0 Å². The maximum Gasteiger partial charge on any atom is 0.416 e. The number of alkyl halides is 3. The highest BCUT2D eigenvalue weighted by atomic mass is 35.5. The van der Waals surface area contributed by atoms with Crippen molar-refractivity contribution in [2.24, 2.45) is 0 Å². The second kappa shape index (κ2) is 11.2. The van der Waals surface area contributed by atoms with E-state index < -0.39 is 35.3 Å². The first-order valence-electron chi connectivity index (χ1n) is 9.39. The van der Waals surface area contributed by atoms with Gasteiger partial charge in [0.05, 0.1) is 31.0 Å². The van der Waals surface area contributed by atoms with Gasteiger partial charge in [0.25, 0.3) is 0 Å². The lowest BCUT2D eigenvalue weighted by molar-refractivity contribution is -0.610. The second-order valence-corrected chi connectivity index (χ2v) is 9.47. The Bertz CT molecular complexity index is 1210. The van der Waals surface area contributed by atoms with Crippen molar-refractivity contribution >= 4 is 44.6 Å². The molecule has 1 atom stereocenters. The van der Waals surface area contributed by atoms with E-state index in [-0.39, 0.29) is 29.6 Å². The molecule has 3 rings (SSSR count). The molecule has 2 aromatic heterocycles. The first-order valence-corrected chi connectivity index (χ1v) is 11.8. The maximum atomic E-state index is 13.0. The number of carboxylic acid groups (broad SMARTS) is 2. The Balaban J connectivity index is 0.00000408. The van der Waals surface area contributed by atoms with Crippen LogP contribution in [0.5, 0.6) is 5.75 Å². The summed E-state index contributed by atoms with van der Waals surface area (Å²) in [5, 5.41) is 17.0. The van der Waals surface area contributed by atoms with Gasteiger partial charge < -0.3 is 27.4 Å². The van der Waals surface area contributed by atoms with Crippen molar-refractivity contribution in [1.82, 2.24) is 9.97 Å². The summed E-state index contributed by atoms with van der Waals surface area (Å²) in [4.78, 5) is 29.5. The Morgan fingerprint density at radius 1 is 1.26 bits per heavy atom. The first-order chi connectivity index (χ1) is 15.5. The van der Waals surface area contributed by atoms with Gasteiger partial charge >= 0.3 is 24.1 Å². The number of benzene rings is 1. The normalized spacial score (nSPS) is 12.3. The number of carbonyl (C=O) groups is 2. The Morgan fingerprint density at radius 2 is 1.97 bits per heavy atom. The number of aromatic amines is 1. The molecule has 1 unspecified atom stereocenters. The molecule has 184 valence electrons. The zero-order chi connectivity index (χ0) is 24.3. The summed E-state index contributed by atoms with van der Waals surface area (Å²) in [6.45, 7) is 1.78. The molecule has 0 saturated heterocycles. The van der Waals surface area contributed by atoms with Crippen molar-refractivity contribution < 1.29 is 54.7 Å². The predicted molar refractivity (Wildman–Crippen MR) is 116 cm³/mol. The van der Waals surface area contributed by atoms with E-state index in [4.69, 9.17) is 9.84 Å². The number of rotatable bonds is 9. The smallest absolute Gasteiger partial charge is 0.416 e. The number of nitrogens with one attached hydrogen (secondary N) is 1. The van der Waals surface area contributed by atoms with E-state index >= 15 is 0 Å². The molecule has 0 fully saturated rings. The van der Waals surface area contributed by atoms with Crippen LogP contribution in [0, 0.1) is 6.92 Å². The summed E-state index contributed by atoms with van der Waals surface area (Å²) >= 11 is 0. The van der Waals surface area contributed by atoms with Gasteiger partial charge in [-0.1, -0.05) is 26.6 Å². The third-order valence-corrected chi connectivity index (χ3v) is 7.32. The number of halogens is 4. The molecular formula is C20H19ClF3N3O5S2. The molecule has 0 aliphatic heterocycles.